The first-order chi connectivity index (χ1) is 7.58. The van der Waals surface area contributed by atoms with Crippen molar-refractivity contribution in [3.8, 4) is 0 Å². The fourth-order valence-electron chi connectivity index (χ4n) is 1.92. The normalized spacial score (nSPS) is 17.3. The van der Waals surface area contributed by atoms with E-state index in [1.807, 2.05) is 0 Å². The van der Waals surface area contributed by atoms with Gasteiger partial charge in [0.05, 0.1) is 0 Å². The summed E-state index contributed by atoms with van der Waals surface area (Å²) in [5.41, 5.74) is 1.47. The molecule has 0 aromatic heterocycles. The third-order valence-corrected chi connectivity index (χ3v) is 2.82. The van der Waals surface area contributed by atoms with E-state index >= 15 is 0 Å². The minimum absolute atomic E-state index is 0.183. The Morgan fingerprint density at radius 2 is 2.00 bits per heavy atom. The van der Waals surface area contributed by atoms with Crippen LogP contribution in [0.1, 0.15) is 44.9 Å². The quantitative estimate of drug-likeness (QED) is 0.545. The third-order valence-electron chi connectivity index (χ3n) is 2.82. The minimum Gasteiger partial charge on any atom is -0.316 e. The first kappa shape index (κ1) is 13.6. The zero-order chi connectivity index (χ0) is 11.9. The van der Waals surface area contributed by atoms with Crippen LogP contribution in [0.4, 0.5) is 13.2 Å². The number of alkyl halides is 3. The number of hydrogen-bond donors (Lipinski definition) is 1. The summed E-state index contributed by atoms with van der Waals surface area (Å²) in [6.07, 6.45) is 3.65. The number of hydrogen-bond acceptors (Lipinski definition) is 1. The second kappa shape index (κ2) is 6.94. The number of allylic oxidation sites excluding steroid dienone is 1. The van der Waals surface area contributed by atoms with Crippen LogP contribution in [-0.2, 0) is 0 Å². The first-order valence-corrected chi connectivity index (χ1v) is 6.03. The fraction of sp³-hybridized carbons (Fsp3) is 0.833. The summed E-state index contributed by atoms with van der Waals surface area (Å²) < 4.78 is 35.5. The van der Waals surface area contributed by atoms with E-state index in [9.17, 15) is 13.2 Å². The predicted octanol–water partition coefficient (Wildman–Crippen LogP) is 3.81. The summed E-state index contributed by atoms with van der Waals surface area (Å²) in [6, 6.07) is 0. The van der Waals surface area contributed by atoms with Crippen molar-refractivity contribution in [3.63, 3.8) is 0 Å². The van der Waals surface area contributed by atoms with Gasteiger partial charge in [-0.2, -0.15) is 13.2 Å². The lowest BCUT2D eigenvalue weighted by Crippen LogP contribution is -2.19. The van der Waals surface area contributed by atoms with Crippen molar-refractivity contribution in [2.75, 3.05) is 13.1 Å². The molecule has 0 unspecified atom stereocenters. The molecular formula is C12H20F3N. The second-order valence-corrected chi connectivity index (χ2v) is 4.33. The molecule has 1 aliphatic carbocycles. The third kappa shape index (κ3) is 6.88. The molecule has 0 aromatic carbocycles. The Hall–Kier alpha value is -0.510. The molecule has 0 saturated heterocycles. The van der Waals surface area contributed by atoms with Crippen LogP contribution in [0, 0.1) is 0 Å². The maximum absolute atomic E-state index is 11.8. The highest BCUT2D eigenvalue weighted by molar-refractivity contribution is 5.05. The molecule has 0 amide bonds. The standard InChI is InChI=1S/C12H20F3N/c13-12(14,15)8-4-9-16-10-7-11-5-2-1-3-6-11/h5,16H,1-4,6-10H2. The average molecular weight is 235 g/mol. The van der Waals surface area contributed by atoms with Gasteiger partial charge in [-0.25, -0.2) is 0 Å². The van der Waals surface area contributed by atoms with Crippen LogP contribution in [0.3, 0.4) is 0 Å². The van der Waals surface area contributed by atoms with Gasteiger partial charge in [0.15, 0.2) is 0 Å². The van der Waals surface area contributed by atoms with Gasteiger partial charge in [-0.15, -0.1) is 0 Å². The summed E-state index contributed by atoms with van der Waals surface area (Å²) in [6.45, 7) is 1.27. The van der Waals surface area contributed by atoms with Gasteiger partial charge in [-0.1, -0.05) is 11.6 Å². The summed E-state index contributed by atoms with van der Waals surface area (Å²) in [4.78, 5) is 0. The summed E-state index contributed by atoms with van der Waals surface area (Å²) in [7, 11) is 0. The van der Waals surface area contributed by atoms with E-state index in [1.54, 1.807) is 0 Å². The van der Waals surface area contributed by atoms with Crippen LogP contribution >= 0.6 is 0 Å². The summed E-state index contributed by atoms with van der Waals surface area (Å²) in [5.74, 6) is 0. The molecule has 0 heterocycles. The van der Waals surface area contributed by atoms with Gasteiger partial charge < -0.3 is 5.32 Å². The molecule has 0 spiro atoms. The lowest BCUT2D eigenvalue weighted by Gasteiger charge is -2.13. The zero-order valence-electron chi connectivity index (χ0n) is 9.58. The van der Waals surface area contributed by atoms with E-state index in [2.05, 4.69) is 11.4 Å². The Morgan fingerprint density at radius 3 is 2.62 bits per heavy atom. The molecule has 0 fully saturated rings. The molecule has 0 bridgehead atoms. The van der Waals surface area contributed by atoms with Crippen LogP contribution in [-0.4, -0.2) is 19.3 Å². The average Bonchev–Trinajstić information content (AvgIpc) is 2.23. The molecule has 0 atom stereocenters. The van der Waals surface area contributed by atoms with E-state index in [0.29, 0.717) is 6.54 Å². The molecule has 0 radical (unpaired) electrons. The maximum atomic E-state index is 11.8. The van der Waals surface area contributed by atoms with Gasteiger partial charge >= 0.3 is 6.18 Å². The van der Waals surface area contributed by atoms with E-state index < -0.39 is 12.6 Å². The van der Waals surface area contributed by atoms with Crippen molar-refractivity contribution in [3.05, 3.63) is 11.6 Å². The largest absolute Gasteiger partial charge is 0.389 e. The molecule has 0 aromatic rings. The van der Waals surface area contributed by atoms with Crippen LogP contribution in [0.25, 0.3) is 0 Å². The highest BCUT2D eigenvalue weighted by Crippen LogP contribution is 2.21. The molecule has 1 rings (SSSR count). The number of nitrogens with one attached hydrogen (secondary N) is 1. The van der Waals surface area contributed by atoms with Crippen molar-refractivity contribution in [2.24, 2.45) is 0 Å². The Labute approximate surface area is 95.1 Å². The maximum Gasteiger partial charge on any atom is 0.389 e. The number of rotatable bonds is 6. The first-order valence-electron chi connectivity index (χ1n) is 6.03. The van der Waals surface area contributed by atoms with Crippen molar-refractivity contribution in [1.29, 1.82) is 0 Å². The molecule has 16 heavy (non-hydrogen) atoms. The Morgan fingerprint density at radius 1 is 1.19 bits per heavy atom. The van der Waals surface area contributed by atoms with E-state index in [4.69, 9.17) is 0 Å². The lowest BCUT2D eigenvalue weighted by atomic mass is 9.97. The molecule has 4 heteroatoms. The Bertz CT molecular complexity index is 221. The van der Waals surface area contributed by atoms with Gasteiger partial charge in [0.2, 0.25) is 0 Å². The van der Waals surface area contributed by atoms with E-state index in [1.165, 1.54) is 31.3 Å². The van der Waals surface area contributed by atoms with Gasteiger partial charge in [0.1, 0.15) is 0 Å². The molecule has 0 saturated carbocycles. The van der Waals surface area contributed by atoms with E-state index in [0.717, 1.165) is 13.0 Å². The monoisotopic (exact) mass is 235 g/mol. The topological polar surface area (TPSA) is 12.0 Å². The Balaban J connectivity index is 1.94. The predicted molar refractivity (Wildman–Crippen MR) is 59.3 cm³/mol. The second-order valence-electron chi connectivity index (χ2n) is 4.33. The van der Waals surface area contributed by atoms with Crippen LogP contribution in [0.2, 0.25) is 0 Å². The number of halogens is 3. The lowest BCUT2D eigenvalue weighted by molar-refractivity contribution is -0.135. The van der Waals surface area contributed by atoms with Crippen molar-refractivity contribution in [2.45, 2.75) is 51.1 Å². The Kier molecular flexibility index (Phi) is 5.88. The molecule has 1 nitrogen and oxygen atoms in total. The van der Waals surface area contributed by atoms with Crippen LogP contribution in [0.15, 0.2) is 11.6 Å². The van der Waals surface area contributed by atoms with Crippen molar-refractivity contribution in [1.82, 2.24) is 5.32 Å². The summed E-state index contributed by atoms with van der Waals surface area (Å²) >= 11 is 0. The van der Waals surface area contributed by atoms with Crippen LogP contribution < -0.4 is 5.32 Å². The molecular weight excluding hydrogens is 215 g/mol. The smallest absolute Gasteiger partial charge is 0.316 e. The van der Waals surface area contributed by atoms with Gasteiger partial charge in [-0.3, -0.25) is 0 Å². The molecule has 94 valence electrons. The van der Waals surface area contributed by atoms with Crippen molar-refractivity contribution >= 4 is 0 Å². The van der Waals surface area contributed by atoms with Gasteiger partial charge in [0.25, 0.3) is 0 Å². The zero-order valence-corrected chi connectivity index (χ0v) is 9.58. The molecule has 1 N–H and O–H groups in total. The highest BCUT2D eigenvalue weighted by Gasteiger charge is 2.25. The van der Waals surface area contributed by atoms with Gasteiger partial charge in [-0.05, 0) is 51.6 Å². The molecule has 0 aliphatic heterocycles. The highest BCUT2D eigenvalue weighted by atomic mass is 19.4. The van der Waals surface area contributed by atoms with E-state index in [-0.39, 0.29) is 6.42 Å². The minimum atomic E-state index is -4.01. The van der Waals surface area contributed by atoms with Crippen LogP contribution in [0.5, 0.6) is 0 Å². The molecule has 1 aliphatic rings. The van der Waals surface area contributed by atoms with Crippen molar-refractivity contribution < 1.29 is 13.2 Å². The fourth-order valence-corrected chi connectivity index (χ4v) is 1.92. The summed E-state index contributed by atoms with van der Waals surface area (Å²) in [5, 5.41) is 3.06. The van der Waals surface area contributed by atoms with Gasteiger partial charge in [0, 0.05) is 6.42 Å². The SMILES string of the molecule is FC(F)(F)CCCNCCC1=CCCCC1.